The lowest BCUT2D eigenvalue weighted by atomic mass is 9.94. The Labute approximate surface area is 124 Å². The van der Waals surface area contributed by atoms with Crippen molar-refractivity contribution in [3.63, 3.8) is 0 Å². The number of likely N-dealkylation sites (tertiary alicyclic amines) is 1. The highest BCUT2D eigenvalue weighted by molar-refractivity contribution is 5.43. The van der Waals surface area contributed by atoms with E-state index in [1.54, 1.807) is 19.2 Å². The fourth-order valence-electron chi connectivity index (χ4n) is 3.51. The van der Waals surface area contributed by atoms with Gasteiger partial charge in [0.1, 0.15) is 5.75 Å². The highest BCUT2D eigenvalue weighted by atomic mass is 16.6. The Bertz CT molecular complexity index is 521. The third kappa shape index (κ3) is 3.01. The van der Waals surface area contributed by atoms with Crippen molar-refractivity contribution in [1.82, 2.24) is 10.2 Å². The predicted molar refractivity (Wildman–Crippen MR) is 79.4 cm³/mol. The van der Waals surface area contributed by atoms with E-state index in [2.05, 4.69) is 10.2 Å². The van der Waals surface area contributed by atoms with Crippen molar-refractivity contribution in [2.45, 2.75) is 25.4 Å². The van der Waals surface area contributed by atoms with Crippen LogP contribution in [0.1, 0.15) is 18.4 Å². The van der Waals surface area contributed by atoms with Gasteiger partial charge in [0.05, 0.1) is 12.0 Å². The minimum atomic E-state index is -0.353. The number of hydrogen-bond acceptors (Lipinski definition) is 5. The molecule has 1 N–H and O–H groups in total. The van der Waals surface area contributed by atoms with Crippen molar-refractivity contribution in [2.24, 2.45) is 5.92 Å². The summed E-state index contributed by atoms with van der Waals surface area (Å²) in [5.74, 6) is 1.44. The molecule has 6 nitrogen and oxygen atoms in total. The molecular formula is C15H21N3O3. The molecule has 2 unspecified atom stereocenters. The number of fused-ring (bicyclic) bond motifs is 1. The van der Waals surface area contributed by atoms with Gasteiger partial charge in [-0.15, -0.1) is 0 Å². The molecule has 0 radical (unpaired) electrons. The van der Waals surface area contributed by atoms with Crippen molar-refractivity contribution in [2.75, 3.05) is 26.7 Å². The Morgan fingerprint density at radius 3 is 3.05 bits per heavy atom. The molecule has 0 bridgehead atoms. The van der Waals surface area contributed by atoms with Crippen molar-refractivity contribution in [1.29, 1.82) is 0 Å². The van der Waals surface area contributed by atoms with E-state index in [4.69, 9.17) is 4.74 Å². The van der Waals surface area contributed by atoms with Crippen LogP contribution in [-0.4, -0.2) is 42.6 Å². The summed E-state index contributed by atoms with van der Waals surface area (Å²) in [6.45, 7) is 3.88. The number of benzene rings is 1. The average Bonchev–Trinajstić information content (AvgIpc) is 2.89. The Balaban J connectivity index is 1.74. The minimum absolute atomic E-state index is 0.125. The van der Waals surface area contributed by atoms with E-state index in [-0.39, 0.29) is 10.6 Å². The maximum atomic E-state index is 10.9. The van der Waals surface area contributed by atoms with Gasteiger partial charge in [-0.25, -0.2) is 0 Å². The molecule has 2 atom stereocenters. The van der Waals surface area contributed by atoms with Crippen LogP contribution in [0.5, 0.6) is 5.75 Å². The highest BCUT2D eigenvalue weighted by Gasteiger charge is 2.34. The van der Waals surface area contributed by atoms with Gasteiger partial charge in [0, 0.05) is 43.4 Å². The van der Waals surface area contributed by atoms with E-state index >= 15 is 0 Å². The van der Waals surface area contributed by atoms with Crippen LogP contribution in [0.25, 0.3) is 0 Å². The summed E-state index contributed by atoms with van der Waals surface area (Å²) < 4.78 is 5.34. The molecule has 2 aliphatic heterocycles. The molecule has 0 amide bonds. The van der Waals surface area contributed by atoms with Crippen LogP contribution in [0.15, 0.2) is 18.2 Å². The van der Waals surface area contributed by atoms with Gasteiger partial charge < -0.3 is 10.1 Å². The van der Waals surface area contributed by atoms with Crippen LogP contribution in [0.3, 0.4) is 0 Å². The van der Waals surface area contributed by atoms with Gasteiger partial charge in [0.25, 0.3) is 5.69 Å². The van der Waals surface area contributed by atoms with Crippen LogP contribution in [-0.2, 0) is 6.54 Å². The van der Waals surface area contributed by atoms with Gasteiger partial charge in [-0.05, 0) is 31.4 Å². The lowest BCUT2D eigenvalue weighted by Gasteiger charge is -2.24. The number of hydrogen-bond donors (Lipinski definition) is 1. The van der Waals surface area contributed by atoms with Gasteiger partial charge in [-0.3, -0.25) is 15.0 Å². The van der Waals surface area contributed by atoms with E-state index in [1.807, 2.05) is 0 Å². The van der Waals surface area contributed by atoms with Crippen molar-refractivity contribution >= 4 is 5.69 Å². The number of non-ortho nitro benzene ring substituents is 1. The number of methoxy groups -OCH3 is 1. The summed E-state index contributed by atoms with van der Waals surface area (Å²) in [5, 5.41) is 14.5. The zero-order chi connectivity index (χ0) is 14.8. The minimum Gasteiger partial charge on any atom is -0.496 e. The summed E-state index contributed by atoms with van der Waals surface area (Å²) >= 11 is 0. The molecule has 2 fully saturated rings. The molecular weight excluding hydrogens is 270 g/mol. The number of rotatable bonds is 4. The fourth-order valence-corrected chi connectivity index (χ4v) is 3.51. The first-order chi connectivity index (χ1) is 10.2. The molecule has 2 saturated heterocycles. The molecule has 2 heterocycles. The quantitative estimate of drug-likeness (QED) is 0.676. The van der Waals surface area contributed by atoms with Gasteiger partial charge in [0.2, 0.25) is 0 Å². The maximum absolute atomic E-state index is 10.9. The Hall–Kier alpha value is -1.66. The van der Waals surface area contributed by atoms with Crippen molar-refractivity contribution in [3.05, 3.63) is 33.9 Å². The van der Waals surface area contributed by atoms with Crippen LogP contribution >= 0.6 is 0 Å². The molecule has 1 aromatic rings. The lowest BCUT2D eigenvalue weighted by Crippen LogP contribution is -2.40. The second-order valence-electron chi connectivity index (χ2n) is 5.91. The predicted octanol–water partition coefficient (Wildman–Crippen LogP) is 1.79. The lowest BCUT2D eigenvalue weighted by molar-refractivity contribution is -0.384. The molecule has 2 aliphatic rings. The summed E-state index contributed by atoms with van der Waals surface area (Å²) in [4.78, 5) is 13.0. The molecule has 1 aromatic carbocycles. The van der Waals surface area contributed by atoms with E-state index in [0.717, 1.165) is 30.9 Å². The molecule has 21 heavy (non-hydrogen) atoms. The van der Waals surface area contributed by atoms with Gasteiger partial charge in [0.15, 0.2) is 0 Å². The molecule has 114 valence electrons. The number of nitro benzene ring substituents is 1. The Morgan fingerprint density at radius 1 is 1.48 bits per heavy atom. The van der Waals surface area contributed by atoms with Gasteiger partial charge in [-0.1, -0.05) is 0 Å². The fraction of sp³-hybridized carbons (Fsp3) is 0.600. The molecule has 0 aromatic heterocycles. The van der Waals surface area contributed by atoms with Crippen molar-refractivity contribution < 1.29 is 9.66 Å². The molecule has 0 aliphatic carbocycles. The molecule has 3 rings (SSSR count). The average molecular weight is 291 g/mol. The normalized spacial score (nSPS) is 25.6. The summed E-state index contributed by atoms with van der Waals surface area (Å²) in [6.07, 6.45) is 2.52. The highest BCUT2D eigenvalue weighted by Crippen LogP contribution is 2.30. The van der Waals surface area contributed by atoms with E-state index < -0.39 is 0 Å². The summed E-state index contributed by atoms with van der Waals surface area (Å²) in [5.41, 5.74) is 1.02. The van der Waals surface area contributed by atoms with Gasteiger partial charge in [-0.2, -0.15) is 0 Å². The first-order valence-corrected chi connectivity index (χ1v) is 7.44. The third-order valence-electron chi connectivity index (χ3n) is 4.54. The van der Waals surface area contributed by atoms with E-state index in [1.165, 1.54) is 18.9 Å². The smallest absolute Gasteiger partial charge is 0.270 e. The zero-order valence-electron chi connectivity index (χ0n) is 12.2. The summed E-state index contributed by atoms with van der Waals surface area (Å²) in [7, 11) is 1.61. The van der Waals surface area contributed by atoms with Gasteiger partial charge >= 0.3 is 0 Å². The first kappa shape index (κ1) is 14.3. The Kier molecular flexibility index (Phi) is 4.07. The number of nitro groups is 1. The van der Waals surface area contributed by atoms with Crippen molar-refractivity contribution in [3.8, 4) is 5.75 Å². The second kappa shape index (κ2) is 5.99. The van der Waals surface area contributed by atoms with Crippen LogP contribution in [0.2, 0.25) is 0 Å². The van der Waals surface area contributed by atoms with Crippen LogP contribution < -0.4 is 10.1 Å². The number of nitrogens with one attached hydrogen (secondary N) is 1. The monoisotopic (exact) mass is 291 g/mol. The largest absolute Gasteiger partial charge is 0.496 e. The number of nitrogens with zero attached hydrogens (tertiary/aromatic N) is 2. The SMILES string of the molecule is COc1ccc([N+](=O)[O-])cc1CN1CC2CCCNC2C1. The second-order valence-corrected chi connectivity index (χ2v) is 5.91. The first-order valence-electron chi connectivity index (χ1n) is 7.44. The topological polar surface area (TPSA) is 67.6 Å². The van der Waals surface area contributed by atoms with Crippen LogP contribution in [0.4, 0.5) is 5.69 Å². The van der Waals surface area contributed by atoms with E-state index in [9.17, 15) is 10.1 Å². The number of ether oxygens (including phenoxy) is 1. The Morgan fingerprint density at radius 2 is 2.33 bits per heavy atom. The molecule has 6 heteroatoms. The van der Waals surface area contributed by atoms with E-state index in [0.29, 0.717) is 18.5 Å². The number of piperidine rings is 1. The third-order valence-corrected chi connectivity index (χ3v) is 4.54. The summed E-state index contributed by atoms with van der Waals surface area (Å²) in [6, 6.07) is 5.39. The molecule has 0 saturated carbocycles. The standard InChI is InChI=1S/C15H21N3O3/c1-21-15-5-4-13(18(19)20)7-12(15)9-17-8-11-3-2-6-16-14(11)10-17/h4-5,7,11,14,16H,2-3,6,8-10H2,1H3. The zero-order valence-corrected chi connectivity index (χ0v) is 12.2. The maximum Gasteiger partial charge on any atom is 0.270 e. The van der Waals surface area contributed by atoms with Crippen LogP contribution in [0, 0.1) is 16.0 Å². The molecule has 0 spiro atoms.